The first-order chi connectivity index (χ1) is 8.52. The summed E-state index contributed by atoms with van der Waals surface area (Å²) < 4.78 is 14.0. The van der Waals surface area contributed by atoms with Crippen molar-refractivity contribution in [3.8, 4) is 0 Å². The molecular formula is C14H22FNOS. The molecule has 4 heteroatoms. The van der Waals surface area contributed by atoms with Crippen LogP contribution in [0.1, 0.15) is 31.9 Å². The molecule has 1 aromatic carbocycles. The quantitative estimate of drug-likeness (QED) is 0.857. The van der Waals surface area contributed by atoms with Gasteiger partial charge < -0.3 is 10.0 Å². The lowest BCUT2D eigenvalue weighted by Crippen LogP contribution is -2.34. The Hall–Kier alpha value is -0.740. The minimum Gasteiger partial charge on any atom is -0.389 e. The van der Waals surface area contributed by atoms with Crippen molar-refractivity contribution < 1.29 is 9.50 Å². The number of rotatable bonds is 6. The van der Waals surface area contributed by atoms with E-state index in [-0.39, 0.29) is 11.9 Å². The Kier molecular flexibility index (Phi) is 5.96. The summed E-state index contributed by atoms with van der Waals surface area (Å²) >= 11 is 1.75. The molecule has 1 rings (SSSR count). The van der Waals surface area contributed by atoms with Crippen LogP contribution < -0.4 is 4.90 Å². The van der Waals surface area contributed by atoms with Crippen molar-refractivity contribution in [2.45, 2.75) is 32.4 Å². The summed E-state index contributed by atoms with van der Waals surface area (Å²) in [5.74, 6) is 0.677. The van der Waals surface area contributed by atoms with Gasteiger partial charge in [0.05, 0.1) is 11.8 Å². The van der Waals surface area contributed by atoms with E-state index in [4.69, 9.17) is 0 Å². The molecule has 102 valence electrons. The lowest BCUT2D eigenvalue weighted by molar-refractivity contribution is 0.199. The Morgan fingerprint density at radius 3 is 2.61 bits per heavy atom. The van der Waals surface area contributed by atoms with Crippen LogP contribution in [0.5, 0.6) is 0 Å². The molecule has 0 aliphatic carbocycles. The number of hydrogen-bond acceptors (Lipinski definition) is 3. The molecular weight excluding hydrogens is 249 g/mol. The van der Waals surface area contributed by atoms with E-state index in [9.17, 15) is 9.50 Å². The van der Waals surface area contributed by atoms with Crippen molar-refractivity contribution in [3.05, 3.63) is 29.6 Å². The average Bonchev–Trinajstić information content (AvgIpc) is 2.34. The summed E-state index contributed by atoms with van der Waals surface area (Å²) in [6.07, 6.45) is 2.34. The Morgan fingerprint density at radius 2 is 2.11 bits per heavy atom. The predicted octanol–water partition coefficient (Wildman–Crippen LogP) is 3.46. The van der Waals surface area contributed by atoms with Crippen LogP contribution in [0.2, 0.25) is 0 Å². The fourth-order valence-electron chi connectivity index (χ4n) is 2.12. The van der Waals surface area contributed by atoms with Gasteiger partial charge in [-0.25, -0.2) is 4.39 Å². The van der Waals surface area contributed by atoms with E-state index >= 15 is 0 Å². The maximum absolute atomic E-state index is 14.0. The monoisotopic (exact) mass is 271 g/mol. The van der Waals surface area contributed by atoms with E-state index in [1.165, 1.54) is 6.07 Å². The van der Waals surface area contributed by atoms with Crippen molar-refractivity contribution in [2.24, 2.45) is 0 Å². The molecule has 1 aromatic rings. The van der Waals surface area contributed by atoms with E-state index in [0.29, 0.717) is 11.3 Å². The molecule has 2 nitrogen and oxygen atoms in total. The first-order valence-electron chi connectivity index (χ1n) is 6.21. The highest BCUT2D eigenvalue weighted by Gasteiger charge is 2.21. The molecule has 0 saturated carbocycles. The van der Waals surface area contributed by atoms with Gasteiger partial charge in [-0.05, 0) is 25.7 Å². The van der Waals surface area contributed by atoms with Crippen molar-refractivity contribution in [2.75, 3.05) is 24.0 Å². The molecule has 0 aliphatic heterocycles. The van der Waals surface area contributed by atoms with Crippen LogP contribution in [0.4, 0.5) is 10.1 Å². The van der Waals surface area contributed by atoms with Crippen LogP contribution >= 0.6 is 11.8 Å². The van der Waals surface area contributed by atoms with Gasteiger partial charge in [-0.15, -0.1) is 0 Å². The number of aliphatic hydroxyl groups excluding tert-OH is 1. The van der Waals surface area contributed by atoms with E-state index in [2.05, 4.69) is 6.92 Å². The average molecular weight is 271 g/mol. The van der Waals surface area contributed by atoms with Crippen LogP contribution in [0, 0.1) is 5.82 Å². The molecule has 0 saturated heterocycles. The van der Waals surface area contributed by atoms with Gasteiger partial charge in [0.15, 0.2) is 0 Å². The molecule has 1 unspecified atom stereocenters. The third-order valence-electron chi connectivity index (χ3n) is 3.20. The number of hydrogen-bond donors (Lipinski definition) is 1. The first kappa shape index (κ1) is 15.3. The zero-order valence-electron chi connectivity index (χ0n) is 11.5. The molecule has 0 bridgehead atoms. The Labute approximate surface area is 113 Å². The van der Waals surface area contributed by atoms with Gasteiger partial charge in [0.1, 0.15) is 5.82 Å². The lowest BCUT2D eigenvalue weighted by atomic mass is 10.1. The Morgan fingerprint density at radius 1 is 1.44 bits per heavy atom. The molecule has 0 aliphatic rings. The van der Waals surface area contributed by atoms with Crippen molar-refractivity contribution >= 4 is 17.4 Å². The molecule has 0 amide bonds. The molecule has 0 aromatic heterocycles. The normalized spacial score (nSPS) is 14.3. The number of benzene rings is 1. The zero-order valence-corrected chi connectivity index (χ0v) is 12.3. The van der Waals surface area contributed by atoms with Crippen molar-refractivity contribution in [3.63, 3.8) is 0 Å². The van der Waals surface area contributed by atoms with Gasteiger partial charge in [0.2, 0.25) is 0 Å². The van der Waals surface area contributed by atoms with E-state index < -0.39 is 6.10 Å². The van der Waals surface area contributed by atoms with Gasteiger partial charge in [0, 0.05) is 24.4 Å². The number of para-hydroxylation sites is 1. The van der Waals surface area contributed by atoms with E-state index in [1.807, 2.05) is 18.2 Å². The molecule has 0 radical (unpaired) electrons. The number of anilines is 1. The Balaban J connectivity index is 3.13. The summed E-state index contributed by atoms with van der Waals surface area (Å²) in [5.41, 5.74) is 1.17. The third-order valence-corrected chi connectivity index (χ3v) is 3.92. The maximum atomic E-state index is 14.0. The predicted molar refractivity (Wildman–Crippen MR) is 77.9 cm³/mol. The summed E-state index contributed by atoms with van der Waals surface area (Å²) in [5, 5.41) is 9.76. The maximum Gasteiger partial charge on any atom is 0.146 e. The van der Waals surface area contributed by atoms with Gasteiger partial charge in [-0.3, -0.25) is 0 Å². The van der Waals surface area contributed by atoms with Crippen LogP contribution in [0.15, 0.2) is 18.2 Å². The highest BCUT2D eigenvalue weighted by atomic mass is 32.2. The van der Waals surface area contributed by atoms with Gasteiger partial charge >= 0.3 is 0 Å². The molecule has 18 heavy (non-hydrogen) atoms. The van der Waals surface area contributed by atoms with E-state index in [0.717, 1.165) is 12.2 Å². The second kappa shape index (κ2) is 7.00. The molecule has 0 spiro atoms. The number of halogens is 1. The van der Waals surface area contributed by atoms with Gasteiger partial charge in [0.25, 0.3) is 0 Å². The molecule has 1 N–H and O–H groups in total. The highest BCUT2D eigenvalue weighted by Crippen LogP contribution is 2.30. The summed E-state index contributed by atoms with van der Waals surface area (Å²) in [7, 11) is 1.90. The third kappa shape index (κ3) is 3.39. The summed E-state index contributed by atoms with van der Waals surface area (Å²) in [6, 6.07) is 5.15. The second-order valence-electron chi connectivity index (χ2n) is 4.48. The lowest BCUT2D eigenvalue weighted by Gasteiger charge is -2.31. The van der Waals surface area contributed by atoms with Crippen LogP contribution in [-0.4, -0.2) is 30.2 Å². The molecule has 0 heterocycles. The summed E-state index contributed by atoms with van der Waals surface area (Å²) in [4.78, 5) is 1.95. The standard InChI is InChI=1S/C14H22FNOS/c1-5-11(9-18-4)16(3)14-12(10(2)17)7-6-8-13(14)15/h6-8,10-11,17H,5,9H2,1-4H3/t10-,11?/m1/s1. The van der Waals surface area contributed by atoms with Gasteiger partial charge in [-0.2, -0.15) is 11.8 Å². The second-order valence-corrected chi connectivity index (χ2v) is 5.39. The topological polar surface area (TPSA) is 23.5 Å². The van der Waals surface area contributed by atoms with Crippen molar-refractivity contribution in [1.29, 1.82) is 0 Å². The fourth-order valence-corrected chi connectivity index (χ4v) is 2.96. The van der Waals surface area contributed by atoms with E-state index in [1.54, 1.807) is 30.8 Å². The first-order valence-corrected chi connectivity index (χ1v) is 7.60. The van der Waals surface area contributed by atoms with Gasteiger partial charge in [-0.1, -0.05) is 19.1 Å². The minimum atomic E-state index is -0.662. The molecule has 2 atom stereocenters. The summed E-state index contributed by atoms with van der Waals surface area (Å²) in [6.45, 7) is 3.77. The highest BCUT2D eigenvalue weighted by molar-refractivity contribution is 7.98. The number of thioether (sulfide) groups is 1. The SMILES string of the molecule is CCC(CSC)N(C)c1c(F)cccc1[C@@H](C)O. The number of nitrogens with zero attached hydrogens (tertiary/aromatic N) is 1. The van der Waals surface area contributed by atoms with Crippen LogP contribution in [-0.2, 0) is 0 Å². The molecule has 0 fully saturated rings. The largest absolute Gasteiger partial charge is 0.389 e. The minimum absolute atomic E-state index is 0.268. The zero-order chi connectivity index (χ0) is 13.7. The Bertz CT molecular complexity index is 384. The van der Waals surface area contributed by atoms with Crippen LogP contribution in [0.25, 0.3) is 0 Å². The smallest absolute Gasteiger partial charge is 0.146 e. The van der Waals surface area contributed by atoms with Crippen molar-refractivity contribution in [1.82, 2.24) is 0 Å². The fraction of sp³-hybridized carbons (Fsp3) is 0.571. The van der Waals surface area contributed by atoms with Crippen LogP contribution in [0.3, 0.4) is 0 Å². The number of aliphatic hydroxyl groups is 1.